The summed E-state index contributed by atoms with van der Waals surface area (Å²) >= 11 is 0. The molecule has 0 bridgehead atoms. The SMILES string of the molecule is CN1CCCC(N(C)c2ncc(N)cc2C(N)=O)C1. The lowest BCUT2D eigenvalue weighted by molar-refractivity contribution is 0.100. The number of aromatic nitrogens is 1. The van der Waals surface area contributed by atoms with Crippen LogP contribution in [0.4, 0.5) is 11.5 Å². The van der Waals surface area contributed by atoms with Crippen LogP contribution >= 0.6 is 0 Å². The Morgan fingerprint density at radius 1 is 1.58 bits per heavy atom. The summed E-state index contributed by atoms with van der Waals surface area (Å²) in [5.41, 5.74) is 11.9. The van der Waals surface area contributed by atoms with Gasteiger partial charge in [0.25, 0.3) is 5.91 Å². The predicted molar refractivity (Wildman–Crippen MR) is 76.1 cm³/mol. The Morgan fingerprint density at radius 3 is 2.95 bits per heavy atom. The first kappa shape index (κ1) is 13.6. The summed E-state index contributed by atoms with van der Waals surface area (Å²) in [4.78, 5) is 20.1. The van der Waals surface area contributed by atoms with E-state index in [4.69, 9.17) is 11.5 Å². The number of carbonyl (C=O) groups excluding carboxylic acids is 1. The minimum Gasteiger partial charge on any atom is -0.397 e. The van der Waals surface area contributed by atoms with Gasteiger partial charge in [-0.3, -0.25) is 4.79 Å². The summed E-state index contributed by atoms with van der Waals surface area (Å²) in [5.74, 6) is 0.118. The minimum atomic E-state index is -0.495. The maximum atomic E-state index is 11.5. The van der Waals surface area contributed by atoms with E-state index in [1.54, 1.807) is 12.3 Å². The van der Waals surface area contributed by atoms with E-state index in [1.807, 2.05) is 11.9 Å². The fourth-order valence-electron chi connectivity index (χ4n) is 2.56. The second kappa shape index (κ2) is 5.44. The highest BCUT2D eigenvalue weighted by atomic mass is 16.1. The average Bonchev–Trinajstić information content (AvgIpc) is 2.37. The van der Waals surface area contributed by atoms with Gasteiger partial charge in [-0.2, -0.15) is 0 Å². The minimum absolute atomic E-state index is 0.341. The van der Waals surface area contributed by atoms with Crippen molar-refractivity contribution in [2.75, 3.05) is 37.8 Å². The Morgan fingerprint density at radius 2 is 2.32 bits per heavy atom. The summed E-state index contributed by atoms with van der Waals surface area (Å²) in [5, 5.41) is 0. The Labute approximate surface area is 113 Å². The molecule has 1 unspecified atom stereocenters. The molecule has 1 aromatic rings. The predicted octanol–water partition coefficient (Wildman–Crippen LogP) is 0.293. The van der Waals surface area contributed by atoms with Crippen molar-refractivity contribution in [3.8, 4) is 0 Å². The maximum absolute atomic E-state index is 11.5. The number of primary amides is 1. The van der Waals surface area contributed by atoms with Crippen LogP contribution in [0.25, 0.3) is 0 Å². The molecule has 0 aliphatic carbocycles. The first-order chi connectivity index (χ1) is 8.99. The quantitative estimate of drug-likeness (QED) is 0.818. The van der Waals surface area contributed by atoms with Crippen LogP contribution in [0.3, 0.4) is 0 Å². The number of carbonyl (C=O) groups is 1. The van der Waals surface area contributed by atoms with Crippen molar-refractivity contribution in [3.05, 3.63) is 17.8 Å². The van der Waals surface area contributed by atoms with Crippen molar-refractivity contribution in [3.63, 3.8) is 0 Å². The van der Waals surface area contributed by atoms with E-state index in [0.717, 1.165) is 25.9 Å². The lowest BCUT2D eigenvalue weighted by Gasteiger charge is -2.37. The average molecular weight is 263 g/mol. The molecule has 4 N–H and O–H groups in total. The summed E-state index contributed by atoms with van der Waals surface area (Å²) < 4.78 is 0. The number of likely N-dealkylation sites (N-methyl/N-ethyl adjacent to an activating group) is 2. The van der Waals surface area contributed by atoms with Gasteiger partial charge in [0, 0.05) is 19.6 Å². The number of hydrogen-bond donors (Lipinski definition) is 2. The van der Waals surface area contributed by atoms with Gasteiger partial charge < -0.3 is 21.3 Å². The molecule has 0 saturated carbocycles. The van der Waals surface area contributed by atoms with Gasteiger partial charge >= 0.3 is 0 Å². The van der Waals surface area contributed by atoms with Gasteiger partial charge in [0.1, 0.15) is 5.82 Å². The lowest BCUT2D eigenvalue weighted by Crippen LogP contribution is -2.45. The van der Waals surface area contributed by atoms with Crippen LogP contribution in [-0.2, 0) is 0 Å². The zero-order chi connectivity index (χ0) is 14.0. The third kappa shape index (κ3) is 2.96. The van der Waals surface area contributed by atoms with Crippen molar-refractivity contribution in [1.82, 2.24) is 9.88 Å². The third-order valence-corrected chi connectivity index (χ3v) is 3.63. The molecule has 1 aliphatic heterocycles. The van der Waals surface area contributed by atoms with Crippen LogP contribution < -0.4 is 16.4 Å². The topological polar surface area (TPSA) is 88.5 Å². The molecule has 6 nitrogen and oxygen atoms in total. The van der Waals surface area contributed by atoms with E-state index in [0.29, 0.717) is 23.1 Å². The van der Waals surface area contributed by atoms with Gasteiger partial charge in [-0.15, -0.1) is 0 Å². The van der Waals surface area contributed by atoms with Crippen molar-refractivity contribution in [1.29, 1.82) is 0 Å². The molecule has 1 atom stereocenters. The third-order valence-electron chi connectivity index (χ3n) is 3.63. The largest absolute Gasteiger partial charge is 0.397 e. The molecule has 1 fully saturated rings. The second-order valence-corrected chi connectivity index (χ2v) is 5.17. The van der Waals surface area contributed by atoms with E-state index in [9.17, 15) is 4.79 Å². The number of nitrogens with zero attached hydrogens (tertiary/aromatic N) is 3. The molecule has 1 aromatic heterocycles. The molecule has 1 aliphatic rings. The first-order valence-electron chi connectivity index (χ1n) is 6.45. The van der Waals surface area contributed by atoms with E-state index in [-0.39, 0.29) is 0 Å². The fraction of sp³-hybridized carbons (Fsp3) is 0.538. The lowest BCUT2D eigenvalue weighted by atomic mass is 10.0. The first-order valence-corrected chi connectivity index (χ1v) is 6.45. The maximum Gasteiger partial charge on any atom is 0.252 e. The zero-order valence-corrected chi connectivity index (χ0v) is 11.5. The molecule has 19 heavy (non-hydrogen) atoms. The number of likely N-dealkylation sites (tertiary alicyclic amines) is 1. The number of piperidine rings is 1. The summed E-state index contributed by atoms with van der Waals surface area (Å²) in [6.07, 6.45) is 3.79. The van der Waals surface area contributed by atoms with Crippen molar-refractivity contribution in [2.24, 2.45) is 5.73 Å². The van der Waals surface area contributed by atoms with Crippen LogP contribution in [0.2, 0.25) is 0 Å². The van der Waals surface area contributed by atoms with Crippen LogP contribution in [0.1, 0.15) is 23.2 Å². The molecular weight excluding hydrogens is 242 g/mol. The number of rotatable bonds is 3. The molecule has 1 saturated heterocycles. The van der Waals surface area contributed by atoms with Crippen molar-refractivity contribution < 1.29 is 4.79 Å². The van der Waals surface area contributed by atoms with Crippen LogP contribution in [0.5, 0.6) is 0 Å². The highest BCUT2D eigenvalue weighted by Gasteiger charge is 2.24. The van der Waals surface area contributed by atoms with E-state index in [1.165, 1.54) is 0 Å². The van der Waals surface area contributed by atoms with E-state index < -0.39 is 5.91 Å². The summed E-state index contributed by atoms with van der Waals surface area (Å²) in [6, 6.07) is 1.93. The number of anilines is 2. The Balaban J connectivity index is 2.27. The smallest absolute Gasteiger partial charge is 0.252 e. The van der Waals surface area contributed by atoms with Crippen LogP contribution in [-0.4, -0.2) is 49.0 Å². The second-order valence-electron chi connectivity index (χ2n) is 5.17. The molecular formula is C13H21N5O. The summed E-state index contributed by atoms with van der Waals surface area (Å²) in [7, 11) is 4.06. The number of nitrogens with two attached hydrogens (primary N) is 2. The summed E-state index contributed by atoms with van der Waals surface area (Å²) in [6.45, 7) is 2.07. The van der Waals surface area contributed by atoms with Gasteiger partial charge in [0.05, 0.1) is 17.4 Å². The molecule has 1 amide bonds. The van der Waals surface area contributed by atoms with Gasteiger partial charge in [-0.1, -0.05) is 0 Å². The van der Waals surface area contributed by atoms with Crippen molar-refractivity contribution in [2.45, 2.75) is 18.9 Å². The number of hydrogen-bond acceptors (Lipinski definition) is 5. The molecule has 2 heterocycles. The number of nitrogen functional groups attached to an aromatic ring is 1. The highest BCUT2D eigenvalue weighted by Crippen LogP contribution is 2.23. The Bertz CT molecular complexity index is 476. The van der Waals surface area contributed by atoms with Crippen LogP contribution in [0.15, 0.2) is 12.3 Å². The normalized spacial score (nSPS) is 20.2. The molecule has 104 valence electrons. The Hall–Kier alpha value is -1.82. The zero-order valence-electron chi connectivity index (χ0n) is 11.5. The van der Waals surface area contributed by atoms with Crippen molar-refractivity contribution >= 4 is 17.4 Å². The van der Waals surface area contributed by atoms with E-state index >= 15 is 0 Å². The van der Waals surface area contributed by atoms with Crippen LogP contribution in [0, 0.1) is 0 Å². The van der Waals surface area contributed by atoms with Gasteiger partial charge in [0.15, 0.2) is 0 Å². The Kier molecular flexibility index (Phi) is 3.90. The molecule has 2 rings (SSSR count). The van der Waals surface area contributed by atoms with Gasteiger partial charge in [0.2, 0.25) is 0 Å². The monoisotopic (exact) mass is 263 g/mol. The number of amides is 1. The number of pyridine rings is 1. The standard InChI is InChI=1S/C13H21N5O/c1-17-5-3-4-10(8-17)18(2)13-11(12(15)19)6-9(14)7-16-13/h6-7,10H,3-5,8,14H2,1-2H3,(H2,15,19). The molecule has 6 heteroatoms. The fourth-order valence-corrected chi connectivity index (χ4v) is 2.56. The molecule has 0 radical (unpaired) electrons. The van der Waals surface area contributed by atoms with Gasteiger partial charge in [-0.25, -0.2) is 4.98 Å². The highest BCUT2D eigenvalue weighted by molar-refractivity contribution is 5.98. The van der Waals surface area contributed by atoms with Gasteiger partial charge in [-0.05, 0) is 32.5 Å². The molecule has 0 spiro atoms. The molecule has 0 aromatic carbocycles. The van der Waals surface area contributed by atoms with E-state index in [2.05, 4.69) is 16.9 Å².